The van der Waals surface area contributed by atoms with E-state index in [2.05, 4.69) is 35.5 Å². The Morgan fingerprint density at radius 2 is 1.05 bits per heavy atom. The van der Waals surface area contributed by atoms with Crippen molar-refractivity contribution in [2.45, 2.75) is 104 Å². The van der Waals surface area contributed by atoms with Crippen molar-refractivity contribution >= 4 is 7.85 Å². The molecule has 0 spiro atoms. The van der Waals surface area contributed by atoms with Crippen LogP contribution in [0.3, 0.4) is 0 Å². The van der Waals surface area contributed by atoms with Crippen molar-refractivity contribution in [1.82, 2.24) is 0 Å². The molecule has 0 aromatic carbocycles. The quantitative estimate of drug-likeness (QED) is 0.528. The Hall–Kier alpha value is 0.0649. The zero-order valence-corrected chi connectivity index (χ0v) is 14.4. The fourth-order valence-corrected chi connectivity index (χ4v) is 3.62. The molecule has 0 N–H and O–H groups in total. The monoisotopic (exact) mass is 264 g/mol. The third-order valence-corrected chi connectivity index (χ3v) is 5.85. The summed E-state index contributed by atoms with van der Waals surface area (Å²) in [5.74, 6) is 0.842. The summed E-state index contributed by atoms with van der Waals surface area (Å²) in [5.41, 5.74) is 0.601. The van der Waals surface area contributed by atoms with Gasteiger partial charge >= 0.3 is 0 Å². The van der Waals surface area contributed by atoms with Crippen LogP contribution in [0.1, 0.15) is 98.3 Å². The van der Waals surface area contributed by atoms with E-state index in [0.717, 1.165) is 5.92 Å². The molecule has 19 heavy (non-hydrogen) atoms. The fraction of sp³-hybridized carbons (Fsp3) is 1.00. The second-order valence-corrected chi connectivity index (χ2v) is 8.45. The zero-order chi connectivity index (χ0) is 14.4. The first-order valence-corrected chi connectivity index (χ1v) is 8.86. The standard InChI is InChI=1S/C18H37B/c1-16(2)17(3)12-8-5-6-10-14-18(4,19)15-11-7-9-13-17/h16H,5-15,19H2,1-4H3. The molecule has 0 nitrogen and oxygen atoms in total. The van der Waals surface area contributed by atoms with E-state index in [1.807, 2.05) is 0 Å². The maximum Gasteiger partial charge on any atom is 0.109 e. The van der Waals surface area contributed by atoms with Gasteiger partial charge in [0.1, 0.15) is 7.85 Å². The first-order chi connectivity index (χ1) is 8.86. The molecule has 1 fully saturated rings. The first-order valence-electron chi connectivity index (χ1n) is 8.86. The zero-order valence-electron chi connectivity index (χ0n) is 14.4. The van der Waals surface area contributed by atoms with Crippen LogP contribution in [0.2, 0.25) is 5.31 Å². The molecule has 1 rings (SSSR count). The van der Waals surface area contributed by atoms with Gasteiger partial charge in [-0.2, -0.15) is 0 Å². The Morgan fingerprint density at radius 3 is 1.47 bits per heavy atom. The molecular weight excluding hydrogens is 227 g/mol. The summed E-state index contributed by atoms with van der Waals surface area (Å²) < 4.78 is 0. The average Bonchev–Trinajstić information content (AvgIpc) is 2.33. The van der Waals surface area contributed by atoms with Crippen LogP contribution in [-0.2, 0) is 0 Å². The van der Waals surface area contributed by atoms with E-state index < -0.39 is 0 Å². The fourth-order valence-electron chi connectivity index (χ4n) is 3.62. The van der Waals surface area contributed by atoms with Gasteiger partial charge in [0.25, 0.3) is 0 Å². The summed E-state index contributed by atoms with van der Waals surface area (Å²) >= 11 is 0. The molecule has 0 amide bonds. The lowest BCUT2D eigenvalue weighted by molar-refractivity contribution is 0.169. The summed E-state index contributed by atoms with van der Waals surface area (Å²) in [4.78, 5) is 0. The van der Waals surface area contributed by atoms with Crippen molar-refractivity contribution < 1.29 is 0 Å². The third kappa shape index (κ3) is 6.36. The largest absolute Gasteiger partial charge is 0.109 e. The minimum atomic E-state index is 0.593. The van der Waals surface area contributed by atoms with Crippen LogP contribution in [0.25, 0.3) is 0 Å². The van der Waals surface area contributed by atoms with Crippen molar-refractivity contribution in [3.05, 3.63) is 0 Å². The van der Waals surface area contributed by atoms with Gasteiger partial charge in [0.15, 0.2) is 0 Å². The van der Waals surface area contributed by atoms with Crippen LogP contribution in [0.4, 0.5) is 0 Å². The Morgan fingerprint density at radius 1 is 0.684 bits per heavy atom. The van der Waals surface area contributed by atoms with Crippen LogP contribution in [0.5, 0.6) is 0 Å². The van der Waals surface area contributed by atoms with Gasteiger partial charge < -0.3 is 0 Å². The normalized spacial score (nSPS) is 36.3. The average molecular weight is 264 g/mol. The van der Waals surface area contributed by atoms with E-state index in [1.165, 1.54) is 70.6 Å². The molecule has 0 heterocycles. The van der Waals surface area contributed by atoms with Gasteiger partial charge in [-0.05, 0) is 24.2 Å². The van der Waals surface area contributed by atoms with Crippen LogP contribution >= 0.6 is 0 Å². The highest BCUT2D eigenvalue weighted by molar-refractivity contribution is 6.14. The number of rotatable bonds is 1. The second kappa shape index (κ2) is 7.74. The Labute approximate surface area is 123 Å². The van der Waals surface area contributed by atoms with Crippen LogP contribution in [0, 0.1) is 11.3 Å². The maximum atomic E-state index is 2.54. The maximum absolute atomic E-state index is 2.54. The lowest BCUT2D eigenvalue weighted by Crippen LogP contribution is -2.23. The molecule has 0 radical (unpaired) electrons. The second-order valence-electron chi connectivity index (χ2n) is 8.45. The highest BCUT2D eigenvalue weighted by atomic mass is 14.3. The van der Waals surface area contributed by atoms with E-state index in [1.54, 1.807) is 0 Å². The molecule has 2 atom stereocenters. The molecule has 2 unspecified atom stereocenters. The summed E-state index contributed by atoms with van der Waals surface area (Å²) in [6.07, 6.45) is 15.9. The molecule has 0 aliphatic heterocycles. The van der Waals surface area contributed by atoms with Gasteiger partial charge in [-0.3, -0.25) is 0 Å². The SMILES string of the molecule is BC1(C)CCCCCCC(C)(C(C)C)CCCCC1. The molecule has 0 bridgehead atoms. The highest BCUT2D eigenvalue weighted by Gasteiger charge is 2.27. The predicted molar refractivity (Wildman–Crippen MR) is 90.6 cm³/mol. The molecule has 1 saturated carbocycles. The molecular formula is C18H37B. The topological polar surface area (TPSA) is 0 Å². The Kier molecular flexibility index (Phi) is 6.98. The molecule has 0 aromatic heterocycles. The van der Waals surface area contributed by atoms with Crippen molar-refractivity contribution in [3.8, 4) is 0 Å². The summed E-state index contributed by atoms with van der Waals surface area (Å²) in [5, 5.41) is 0.593. The molecule has 0 aromatic rings. The summed E-state index contributed by atoms with van der Waals surface area (Å²) in [6.45, 7) is 9.88. The van der Waals surface area contributed by atoms with E-state index in [0.29, 0.717) is 10.7 Å². The van der Waals surface area contributed by atoms with Gasteiger partial charge in [-0.15, -0.1) is 0 Å². The van der Waals surface area contributed by atoms with Crippen LogP contribution < -0.4 is 0 Å². The van der Waals surface area contributed by atoms with Gasteiger partial charge in [-0.1, -0.05) is 90.8 Å². The number of hydrogen-bond donors (Lipinski definition) is 0. The van der Waals surface area contributed by atoms with E-state index in [9.17, 15) is 0 Å². The molecule has 1 aliphatic carbocycles. The van der Waals surface area contributed by atoms with Crippen molar-refractivity contribution in [1.29, 1.82) is 0 Å². The van der Waals surface area contributed by atoms with Crippen molar-refractivity contribution in [3.63, 3.8) is 0 Å². The Balaban J connectivity index is 2.52. The molecule has 0 saturated heterocycles. The molecule has 112 valence electrons. The van der Waals surface area contributed by atoms with E-state index in [4.69, 9.17) is 0 Å². The Bertz CT molecular complexity index is 244. The van der Waals surface area contributed by atoms with Gasteiger partial charge in [-0.25, -0.2) is 0 Å². The van der Waals surface area contributed by atoms with Crippen molar-refractivity contribution in [2.24, 2.45) is 11.3 Å². The van der Waals surface area contributed by atoms with E-state index >= 15 is 0 Å². The lowest BCUT2D eigenvalue weighted by Gasteiger charge is -2.34. The summed E-state index contributed by atoms with van der Waals surface area (Å²) in [6, 6.07) is 0. The van der Waals surface area contributed by atoms with Crippen molar-refractivity contribution in [2.75, 3.05) is 0 Å². The van der Waals surface area contributed by atoms with Gasteiger partial charge in [0, 0.05) is 0 Å². The predicted octanol–water partition coefficient (Wildman–Crippen LogP) is 5.77. The van der Waals surface area contributed by atoms with Gasteiger partial charge in [0.2, 0.25) is 0 Å². The lowest BCUT2D eigenvalue weighted by atomic mass is 9.64. The molecule has 1 heteroatoms. The number of hydrogen-bond acceptors (Lipinski definition) is 0. The van der Waals surface area contributed by atoms with Gasteiger partial charge in [0.05, 0.1) is 0 Å². The van der Waals surface area contributed by atoms with Crippen LogP contribution in [0.15, 0.2) is 0 Å². The smallest absolute Gasteiger partial charge is 0.0669 e. The highest BCUT2D eigenvalue weighted by Crippen LogP contribution is 2.40. The first kappa shape index (κ1) is 17.1. The third-order valence-electron chi connectivity index (χ3n) is 5.85. The van der Waals surface area contributed by atoms with E-state index in [-0.39, 0.29) is 0 Å². The van der Waals surface area contributed by atoms with Crippen LogP contribution in [-0.4, -0.2) is 7.85 Å². The summed E-state index contributed by atoms with van der Waals surface area (Å²) in [7, 11) is 2.48. The molecule has 1 aliphatic rings. The minimum absolute atomic E-state index is 0.593. The minimum Gasteiger partial charge on any atom is -0.0669 e.